The molecule has 2 amide bonds. The van der Waals surface area contributed by atoms with E-state index in [1.807, 2.05) is 31.1 Å². The highest BCUT2D eigenvalue weighted by molar-refractivity contribution is 7.17. The van der Waals surface area contributed by atoms with Gasteiger partial charge in [-0.1, -0.05) is 29.5 Å². The molecule has 12 heteroatoms. The van der Waals surface area contributed by atoms with E-state index < -0.39 is 23.6 Å². The van der Waals surface area contributed by atoms with Crippen LogP contribution in [0.2, 0.25) is 0 Å². The van der Waals surface area contributed by atoms with Gasteiger partial charge in [0.05, 0.1) is 11.8 Å². The van der Waals surface area contributed by atoms with Gasteiger partial charge in [-0.05, 0) is 68.5 Å². The number of nitrogens with zero attached hydrogens (tertiary/aromatic N) is 3. The third-order valence-electron chi connectivity index (χ3n) is 5.48. The van der Waals surface area contributed by atoms with Crippen LogP contribution in [0, 0.1) is 6.92 Å². The third-order valence-corrected chi connectivity index (χ3v) is 6.40. The highest BCUT2D eigenvalue weighted by atomic mass is 32.1. The van der Waals surface area contributed by atoms with Crippen LogP contribution in [-0.2, 0) is 12.7 Å². The average Bonchev–Trinajstić information content (AvgIpc) is 3.35. The van der Waals surface area contributed by atoms with Crippen LogP contribution in [0.5, 0.6) is 0 Å². The van der Waals surface area contributed by atoms with Gasteiger partial charge < -0.3 is 20.9 Å². The van der Waals surface area contributed by atoms with Crippen LogP contribution in [0.1, 0.15) is 36.7 Å². The van der Waals surface area contributed by atoms with Crippen molar-refractivity contribution in [1.82, 2.24) is 14.9 Å². The Hall–Kier alpha value is -4.29. The molecule has 0 saturated heterocycles. The molecule has 2 aromatic carbocycles. The minimum atomic E-state index is -4.56. The molecular formula is C27H25F3N6O2S. The second kappa shape index (κ2) is 11.6. The maximum atomic E-state index is 13.0. The largest absolute Gasteiger partial charge is 0.416 e. The zero-order valence-electron chi connectivity index (χ0n) is 21.3. The maximum absolute atomic E-state index is 13.0. The number of rotatable bonds is 8. The molecule has 0 fully saturated rings. The summed E-state index contributed by atoms with van der Waals surface area (Å²) in [7, 11) is 3.95. The molecule has 39 heavy (non-hydrogen) atoms. The van der Waals surface area contributed by atoms with E-state index in [4.69, 9.17) is 0 Å². The lowest BCUT2D eigenvalue weighted by Crippen LogP contribution is -2.15. The summed E-state index contributed by atoms with van der Waals surface area (Å²) >= 11 is 1.15. The van der Waals surface area contributed by atoms with Gasteiger partial charge in [-0.3, -0.25) is 9.59 Å². The number of nitrogens with one attached hydrogen (secondary N) is 3. The smallest absolute Gasteiger partial charge is 0.322 e. The van der Waals surface area contributed by atoms with E-state index in [2.05, 4.69) is 25.9 Å². The van der Waals surface area contributed by atoms with Crippen LogP contribution in [0.3, 0.4) is 0 Å². The number of hydrogen-bond donors (Lipinski definition) is 3. The molecule has 0 bridgehead atoms. The highest BCUT2D eigenvalue weighted by Crippen LogP contribution is 2.30. The number of carbonyl (C=O) groups excluding carboxylic acids is 2. The molecule has 0 aliphatic carbocycles. The first kappa shape index (κ1) is 27.7. The fourth-order valence-electron chi connectivity index (χ4n) is 3.56. The summed E-state index contributed by atoms with van der Waals surface area (Å²) in [4.78, 5) is 36.4. The van der Waals surface area contributed by atoms with E-state index in [1.165, 1.54) is 24.4 Å². The predicted molar refractivity (Wildman–Crippen MR) is 146 cm³/mol. The van der Waals surface area contributed by atoms with Gasteiger partial charge >= 0.3 is 6.18 Å². The van der Waals surface area contributed by atoms with Crippen LogP contribution in [0.4, 0.5) is 35.5 Å². The van der Waals surface area contributed by atoms with E-state index in [0.29, 0.717) is 27.2 Å². The molecule has 2 heterocycles. The Morgan fingerprint density at radius 2 is 1.74 bits per heavy atom. The summed E-state index contributed by atoms with van der Waals surface area (Å²) in [6.07, 6.45) is -1.35. The Labute approximate surface area is 226 Å². The number of hydrogen-bond acceptors (Lipinski definition) is 7. The van der Waals surface area contributed by atoms with Crippen molar-refractivity contribution in [3.05, 3.63) is 94.1 Å². The lowest BCUT2D eigenvalue weighted by Gasteiger charge is -2.12. The second-order valence-corrected chi connectivity index (χ2v) is 9.99. The molecule has 0 atom stereocenters. The number of alkyl halides is 3. The Bertz CT molecular complexity index is 1490. The molecule has 0 saturated carbocycles. The summed E-state index contributed by atoms with van der Waals surface area (Å²) < 4.78 is 39.0. The van der Waals surface area contributed by atoms with Crippen LogP contribution >= 0.6 is 11.3 Å². The molecule has 3 N–H and O–H groups in total. The van der Waals surface area contributed by atoms with Crippen molar-refractivity contribution >= 4 is 45.5 Å². The number of carbonyl (C=O) groups is 2. The highest BCUT2D eigenvalue weighted by Gasteiger charge is 2.31. The van der Waals surface area contributed by atoms with Crippen molar-refractivity contribution in [2.45, 2.75) is 19.6 Å². The number of aromatic nitrogens is 2. The monoisotopic (exact) mass is 554 g/mol. The fraction of sp³-hybridized carbons (Fsp3) is 0.185. The quantitative estimate of drug-likeness (QED) is 0.241. The summed E-state index contributed by atoms with van der Waals surface area (Å²) in [5.41, 5.74) is 1.49. The number of thiazole rings is 1. The van der Waals surface area contributed by atoms with Crippen LogP contribution in [-0.4, -0.2) is 40.8 Å². The third kappa shape index (κ3) is 7.39. The molecule has 2 aromatic heterocycles. The molecule has 4 rings (SSSR count). The molecule has 4 aromatic rings. The molecule has 0 spiro atoms. The number of amides is 2. The predicted octanol–water partition coefficient (Wildman–Crippen LogP) is 6.18. The molecule has 0 aliphatic rings. The van der Waals surface area contributed by atoms with Gasteiger partial charge in [0.15, 0.2) is 5.13 Å². The van der Waals surface area contributed by atoms with E-state index >= 15 is 0 Å². The molecular weight excluding hydrogens is 529 g/mol. The molecule has 8 nitrogen and oxygen atoms in total. The first-order valence-corrected chi connectivity index (χ1v) is 12.5. The standard InChI is InChI=1S/C27H25F3N6O2S/c1-16-7-9-20(33-24(37)18-5-4-6-19(11-18)27(28,29)30)12-21(16)34-25(38)22-14-32-26(39-22)35-23-10-8-17(13-31-23)15-36(2)3/h4-14H,15H2,1-3H3,(H,33,37)(H,34,38)(H,31,32,35). The van der Waals surface area contributed by atoms with Crippen LogP contribution in [0.25, 0.3) is 0 Å². The Morgan fingerprint density at radius 3 is 2.44 bits per heavy atom. The van der Waals surface area contributed by atoms with Gasteiger partial charge in [-0.25, -0.2) is 9.97 Å². The number of aryl methyl sites for hydroxylation is 1. The minimum Gasteiger partial charge on any atom is -0.322 e. The lowest BCUT2D eigenvalue weighted by molar-refractivity contribution is -0.137. The fourth-order valence-corrected chi connectivity index (χ4v) is 4.28. The summed E-state index contributed by atoms with van der Waals surface area (Å²) in [5.74, 6) is -0.512. The average molecular weight is 555 g/mol. The zero-order valence-corrected chi connectivity index (χ0v) is 22.1. The van der Waals surface area contributed by atoms with E-state index in [0.717, 1.165) is 41.1 Å². The molecule has 0 unspecified atom stereocenters. The topological polar surface area (TPSA) is 99.2 Å². The number of halogens is 3. The first-order valence-electron chi connectivity index (χ1n) is 11.7. The van der Waals surface area contributed by atoms with Gasteiger partial charge in [-0.15, -0.1) is 0 Å². The first-order chi connectivity index (χ1) is 18.5. The summed E-state index contributed by atoms with van der Waals surface area (Å²) in [6, 6.07) is 12.8. The van der Waals surface area contributed by atoms with Crippen molar-refractivity contribution in [2.75, 3.05) is 30.0 Å². The molecule has 0 radical (unpaired) electrons. The number of anilines is 4. The Balaban J connectivity index is 1.41. The van der Waals surface area contributed by atoms with Crippen LogP contribution in [0.15, 0.2) is 67.0 Å². The van der Waals surface area contributed by atoms with Gasteiger partial charge in [0.1, 0.15) is 10.7 Å². The minimum absolute atomic E-state index is 0.137. The van der Waals surface area contributed by atoms with Gasteiger partial charge in [-0.2, -0.15) is 13.2 Å². The Kier molecular flexibility index (Phi) is 8.27. The van der Waals surface area contributed by atoms with Crippen molar-refractivity contribution in [2.24, 2.45) is 0 Å². The zero-order chi connectivity index (χ0) is 28.2. The van der Waals surface area contributed by atoms with Crippen molar-refractivity contribution in [3.8, 4) is 0 Å². The van der Waals surface area contributed by atoms with E-state index in [1.54, 1.807) is 25.3 Å². The normalized spacial score (nSPS) is 11.4. The van der Waals surface area contributed by atoms with Crippen molar-refractivity contribution < 1.29 is 22.8 Å². The number of benzene rings is 2. The maximum Gasteiger partial charge on any atom is 0.416 e. The Morgan fingerprint density at radius 1 is 0.949 bits per heavy atom. The van der Waals surface area contributed by atoms with E-state index in [-0.39, 0.29) is 5.56 Å². The van der Waals surface area contributed by atoms with Crippen LogP contribution < -0.4 is 16.0 Å². The van der Waals surface area contributed by atoms with Crippen molar-refractivity contribution in [3.63, 3.8) is 0 Å². The number of pyridine rings is 1. The summed E-state index contributed by atoms with van der Waals surface area (Å²) in [6.45, 7) is 2.55. The molecule has 0 aliphatic heterocycles. The lowest BCUT2D eigenvalue weighted by atomic mass is 10.1. The van der Waals surface area contributed by atoms with Gasteiger partial charge in [0, 0.05) is 29.7 Å². The van der Waals surface area contributed by atoms with Gasteiger partial charge in [0.25, 0.3) is 11.8 Å². The van der Waals surface area contributed by atoms with Gasteiger partial charge in [0.2, 0.25) is 0 Å². The van der Waals surface area contributed by atoms with E-state index in [9.17, 15) is 22.8 Å². The second-order valence-electron chi connectivity index (χ2n) is 8.96. The molecule has 202 valence electrons. The van der Waals surface area contributed by atoms with Crippen molar-refractivity contribution in [1.29, 1.82) is 0 Å². The summed E-state index contributed by atoms with van der Waals surface area (Å²) in [5, 5.41) is 8.94. The SMILES string of the molecule is Cc1ccc(NC(=O)c2cccc(C(F)(F)F)c2)cc1NC(=O)c1cnc(Nc2ccc(CN(C)C)cn2)s1.